The van der Waals surface area contributed by atoms with E-state index in [0.29, 0.717) is 28.5 Å². The van der Waals surface area contributed by atoms with Gasteiger partial charge in [0.15, 0.2) is 11.5 Å². The molecular weight excluding hydrogens is 509 g/mol. The molecule has 0 spiro atoms. The summed E-state index contributed by atoms with van der Waals surface area (Å²) in [5, 5.41) is 6.12. The first-order valence-electron chi connectivity index (χ1n) is 11.2. The Kier molecular flexibility index (Phi) is 9.63. The largest absolute Gasteiger partial charge is 0.431 e. The summed E-state index contributed by atoms with van der Waals surface area (Å²) < 4.78 is 32.6. The van der Waals surface area contributed by atoms with Gasteiger partial charge in [-0.05, 0) is 45.0 Å². The highest BCUT2D eigenvalue weighted by atomic mass is 35.5. The number of imidazole rings is 1. The lowest BCUT2D eigenvalue weighted by Gasteiger charge is -2.27. The molecule has 0 radical (unpaired) electrons. The van der Waals surface area contributed by atoms with E-state index in [1.54, 1.807) is 42.1 Å². The van der Waals surface area contributed by atoms with E-state index in [9.17, 15) is 9.36 Å². The van der Waals surface area contributed by atoms with Gasteiger partial charge >= 0.3 is 7.52 Å². The summed E-state index contributed by atoms with van der Waals surface area (Å²) in [6.45, 7) is 5.79. The summed E-state index contributed by atoms with van der Waals surface area (Å²) in [6.07, 6.45) is 2.20. The first kappa shape index (κ1) is 27.8. The van der Waals surface area contributed by atoms with E-state index in [1.165, 1.54) is 13.4 Å². The molecule has 12 nitrogen and oxygen atoms in total. The van der Waals surface area contributed by atoms with Crippen LogP contribution in [-0.2, 0) is 25.4 Å². The van der Waals surface area contributed by atoms with Crippen LogP contribution in [0.15, 0.2) is 36.9 Å². The fourth-order valence-electron chi connectivity index (χ4n) is 3.30. The molecule has 2 heterocycles. The number of ether oxygens (including phenoxy) is 2. The number of nitrogens with two attached hydrogens (primary N) is 1. The average molecular weight is 540 g/mol. The molecule has 196 valence electrons. The fraction of sp³-hybridized carbons (Fsp3) is 0.455. The second-order valence-electron chi connectivity index (χ2n) is 8.45. The molecule has 3 atom stereocenters. The van der Waals surface area contributed by atoms with Crippen LogP contribution >= 0.6 is 19.1 Å². The molecule has 0 bridgehead atoms. The van der Waals surface area contributed by atoms with Gasteiger partial charge in [-0.3, -0.25) is 9.36 Å². The van der Waals surface area contributed by atoms with Crippen LogP contribution in [0.4, 0.5) is 5.82 Å². The summed E-state index contributed by atoms with van der Waals surface area (Å²) >= 11 is 5.96. The van der Waals surface area contributed by atoms with Crippen LogP contribution in [0.25, 0.3) is 11.2 Å². The third-order valence-electron chi connectivity index (χ3n) is 4.91. The highest BCUT2D eigenvalue weighted by molar-refractivity contribution is 7.57. The standard InChI is InChI=1S/C22H31ClN7O5P/c1-14(2)28-22(31)18(10-33-4)29-36(32,35-17-7-5-16(23)6-8-17)13-34-15(3)9-30-12-27-19-20(24)25-11-26-21(19)30/h5-8,11-12,14-15,18H,9-10,13H2,1-4H3,(H,28,31)(H,29,32)(H2,24,25,26)/t15-,18?,36?/m1/s1. The van der Waals surface area contributed by atoms with Crippen LogP contribution in [0.1, 0.15) is 20.8 Å². The summed E-state index contributed by atoms with van der Waals surface area (Å²) in [7, 11) is -2.31. The van der Waals surface area contributed by atoms with Crippen LogP contribution in [-0.4, -0.2) is 63.7 Å². The number of fused-ring (bicyclic) bond motifs is 1. The lowest BCUT2D eigenvalue weighted by Crippen LogP contribution is -2.48. The summed E-state index contributed by atoms with van der Waals surface area (Å²) in [4.78, 5) is 25.1. The van der Waals surface area contributed by atoms with E-state index in [0.717, 1.165) is 0 Å². The summed E-state index contributed by atoms with van der Waals surface area (Å²) in [6, 6.07) is 5.34. The first-order valence-corrected chi connectivity index (χ1v) is 13.4. The van der Waals surface area contributed by atoms with Crippen molar-refractivity contribution in [1.82, 2.24) is 29.9 Å². The van der Waals surface area contributed by atoms with Gasteiger partial charge in [-0.15, -0.1) is 0 Å². The molecular formula is C22H31ClN7O5P. The lowest BCUT2D eigenvalue weighted by atomic mass is 10.3. The number of hydrogen-bond acceptors (Lipinski definition) is 9. The third kappa shape index (κ3) is 7.62. The van der Waals surface area contributed by atoms with Crippen LogP contribution in [0.2, 0.25) is 5.02 Å². The molecule has 0 aliphatic carbocycles. The Morgan fingerprint density at radius 2 is 1.92 bits per heavy atom. The van der Waals surface area contributed by atoms with E-state index in [-0.39, 0.29) is 30.7 Å². The van der Waals surface area contributed by atoms with Crippen molar-refractivity contribution in [1.29, 1.82) is 0 Å². The lowest BCUT2D eigenvalue weighted by molar-refractivity contribution is -0.124. The monoisotopic (exact) mass is 539 g/mol. The van der Waals surface area contributed by atoms with Gasteiger partial charge in [-0.25, -0.2) is 20.0 Å². The van der Waals surface area contributed by atoms with Gasteiger partial charge in [-0.1, -0.05) is 11.6 Å². The quantitative estimate of drug-likeness (QED) is 0.276. The maximum Gasteiger partial charge on any atom is 0.342 e. The van der Waals surface area contributed by atoms with Crippen molar-refractivity contribution in [3.8, 4) is 5.75 Å². The van der Waals surface area contributed by atoms with E-state index < -0.39 is 19.7 Å². The second-order valence-corrected chi connectivity index (χ2v) is 10.9. The number of nitrogen functional groups attached to an aromatic ring is 1. The normalized spacial score (nSPS) is 14.9. The number of nitrogens with zero attached hydrogens (tertiary/aromatic N) is 4. The minimum absolute atomic E-state index is 0.0236. The van der Waals surface area contributed by atoms with Crippen molar-refractivity contribution < 1.29 is 23.4 Å². The van der Waals surface area contributed by atoms with Crippen LogP contribution in [0.3, 0.4) is 0 Å². The number of carbonyl (C=O) groups is 1. The van der Waals surface area contributed by atoms with Gasteiger partial charge in [-0.2, -0.15) is 0 Å². The van der Waals surface area contributed by atoms with Gasteiger partial charge in [0.05, 0.1) is 25.6 Å². The van der Waals surface area contributed by atoms with Gasteiger partial charge in [0.25, 0.3) is 0 Å². The van der Waals surface area contributed by atoms with E-state index in [1.807, 2.05) is 13.8 Å². The van der Waals surface area contributed by atoms with Crippen molar-refractivity contribution in [3.63, 3.8) is 0 Å². The zero-order valence-corrected chi connectivity index (χ0v) is 22.2. The minimum Gasteiger partial charge on any atom is -0.431 e. The highest BCUT2D eigenvalue weighted by Crippen LogP contribution is 2.44. The van der Waals surface area contributed by atoms with Gasteiger partial charge in [0.1, 0.15) is 30.0 Å². The number of carbonyl (C=O) groups excluding carboxylic acids is 1. The summed E-state index contributed by atoms with van der Waals surface area (Å²) in [5.41, 5.74) is 6.90. The number of aromatic nitrogens is 4. The Hall–Kier alpha value is -2.76. The number of methoxy groups -OCH3 is 1. The molecule has 0 aliphatic heterocycles. The Bertz CT molecular complexity index is 1210. The molecule has 3 rings (SSSR count). The SMILES string of the molecule is COCC(NP(=O)(CO[C@H](C)Cn1cnc2c(N)ncnc21)Oc1ccc(Cl)cc1)C(=O)NC(C)C. The topological polar surface area (TPSA) is 156 Å². The Morgan fingerprint density at radius 1 is 1.19 bits per heavy atom. The van der Waals surface area contributed by atoms with Gasteiger partial charge in [0.2, 0.25) is 5.91 Å². The maximum atomic E-state index is 13.9. The smallest absolute Gasteiger partial charge is 0.342 e. The average Bonchev–Trinajstić information content (AvgIpc) is 3.23. The zero-order valence-electron chi connectivity index (χ0n) is 20.6. The highest BCUT2D eigenvalue weighted by Gasteiger charge is 2.33. The Labute approximate surface area is 214 Å². The van der Waals surface area contributed by atoms with Crippen molar-refractivity contribution in [3.05, 3.63) is 41.9 Å². The molecule has 4 N–H and O–H groups in total. The zero-order chi connectivity index (χ0) is 26.3. The Balaban J connectivity index is 1.76. The van der Waals surface area contributed by atoms with Gasteiger partial charge in [0, 0.05) is 18.2 Å². The van der Waals surface area contributed by atoms with Crippen molar-refractivity contribution in [2.75, 3.05) is 25.8 Å². The number of benzene rings is 1. The Morgan fingerprint density at radius 3 is 2.58 bits per heavy atom. The van der Waals surface area contributed by atoms with Crippen LogP contribution < -0.4 is 20.7 Å². The predicted octanol–water partition coefficient (Wildman–Crippen LogP) is 2.83. The number of anilines is 1. The van der Waals surface area contributed by atoms with Crippen molar-refractivity contribution >= 4 is 42.0 Å². The maximum absolute atomic E-state index is 13.9. The van der Waals surface area contributed by atoms with Crippen LogP contribution in [0.5, 0.6) is 5.75 Å². The summed E-state index contributed by atoms with van der Waals surface area (Å²) in [5.74, 6) is 0.211. The molecule has 0 fully saturated rings. The van der Waals surface area contributed by atoms with E-state index in [4.69, 9.17) is 31.3 Å². The van der Waals surface area contributed by atoms with E-state index >= 15 is 0 Å². The molecule has 2 unspecified atom stereocenters. The fourth-order valence-corrected chi connectivity index (χ4v) is 5.19. The number of halogens is 1. The molecule has 14 heteroatoms. The molecule has 1 amide bonds. The van der Waals surface area contributed by atoms with Crippen LogP contribution in [0, 0.1) is 0 Å². The molecule has 2 aromatic heterocycles. The molecule has 0 saturated heterocycles. The van der Waals surface area contributed by atoms with E-state index in [2.05, 4.69) is 25.4 Å². The molecule has 0 aliphatic rings. The third-order valence-corrected chi connectivity index (χ3v) is 6.86. The minimum atomic E-state index is -3.77. The van der Waals surface area contributed by atoms with Crippen molar-refractivity contribution in [2.24, 2.45) is 0 Å². The molecule has 36 heavy (non-hydrogen) atoms. The second kappa shape index (κ2) is 12.5. The number of amides is 1. The molecule has 3 aromatic rings. The number of nitrogens with one attached hydrogen (secondary N) is 2. The first-order chi connectivity index (χ1) is 17.1. The van der Waals surface area contributed by atoms with Crippen molar-refractivity contribution in [2.45, 2.75) is 45.5 Å². The predicted molar refractivity (Wildman–Crippen MR) is 137 cm³/mol. The number of rotatable bonds is 13. The van der Waals surface area contributed by atoms with Gasteiger partial charge < -0.3 is 29.6 Å². The molecule has 0 saturated carbocycles. The number of hydrogen-bond donors (Lipinski definition) is 3. The molecule has 1 aromatic carbocycles.